The molecular weight excluding hydrogens is 336 g/mol. The quantitative estimate of drug-likeness (QED) is 0.703. The summed E-state index contributed by atoms with van der Waals surface area (Å²) in [5.74, 6) is 0. The van der Waals surface area contributed by atoms with Crippen LogP contribution in [0.5, 0.6) is 0 Å². The maximum Gasteiger partial charge on any atom is 0.112 e. The number of nitrogens with one attached hydrogen (secondary N) is 1. The highest BCUT2D eigenvalue weighted by Crippen LogP contribution is 2.29. The Bertz CT molecular complexity index is 769. The van der Waals surface area contributed by atoms with Crippen LogP contribution in [0.15, 0.2) is 35.1 Å². The number of pyridine rings is 1. The Hall–Kier alpha value is -1.66. The lowest BCUT2D eigenvalue weighted by Crippen LogP contribution is -2.01. The van der Waals surface area contributed by atoms with E-state index in [1.165, 1.54) is 4.88 Å². The van der Waals surface area contributed by atoms with E-state index in [9.17, 15) is 0 Å². The fourth-order valence-electron chi connectivity index (χ4n) is 2.01. The van der Waals surface area contributed by atoms with Crippen molar-refractivity contribution in [2.45, 2.75) is 13.5 Å². The third-order valence-corrected chi connectivity index (χ3v) is 4.30. The largest absolute Gasteiger partial charge is 0.398 e. The van der Waals surface area contributed by atoms with Gasteiger partial charge in [0, 0.05) is 32.8 Å². The van der Waals surface area contributed by atoms with E-state index in [4.69, 9.17) is 5.73 Å². The van der Waals surface area contributed by atoms with Crippen molar-refractivity contribution in [2.24, 2.45) is 0 Å². The standard InChI is InChI=1S/C14H13BrN4S/c1-8-5-18-13(20-8)7-17-12-3-2-11(16)10-4-9(15)6-19-14(10)12/h2-6,17H,7,16H2,1H3. The minimum absolute atomic E-state index is 0.690. The van der Waals surface area contributed by atoms with Crippen molar-refractivity contribution < 1.29 is 0 Å². The number of fused-ring (bicyclic) bond motifs is 1. The molecule has 0 radical (unpaired) electrons. The summed E-state index contributed by atoms with van der Waals surface area (Å²) in [7, 11) is 0. The third kappa shape index (κ3) is 2.62. The molecule has 0 unspecified atom stereocenters. The molecule has 0 aliphatic heterocycles. The summed E-state index contributed by atoms with van der Waals surface area (Å²) in [6.07, 6.45) is 3.67. The van der Waals surface area contributed by atoms with Crippen LogP contribution in [0, 0.1) is 6.92 Å². The zero-order valence-electron chi connectivity index (χ0n) is 10.9. The molecule has 4 nitrogen and oxygen atoms in total. The van der Waals surface area contributed by atoms with Crippen LogP contribution in [0.4, 0.5) is 11.4 Å². The predicted octanol–water partition coefficient (Wildman–Crippen LogP) is 3.96. The van der Waals surface area contributed by atoms with E-state index in [0.29, 0.717) is 6.54 Å². The molecule has 0 spiro atoms. The third-order valence-electron chi connectivity index (χ3n) is 2.95. The molecule has 2 aromatic heterocycles. The molecule has 20 heavy (non-hydrogen) atoms. The van der Waals surface area contributed by atoms with Crippen LogP contribution in [0.1, 0.15) is 9.88 Å². The maximum atomic E-state index is 6.01. The van der Waals surface area contributed by atoms with Crippen molar-refractivity contribution in [1.82, 2.24) is 9.97 Å². The van der Waals surface area contributed by atoms with Gasteiger partial charge in [0.1, 0.15) is 5.01 Å². The normalized spacial score (nSPS) is 10.9. The molecule has 0 saturated carbocycles. The lowest BCUT2D eigenvalue weighted by atomic mass is 10.1. The van der Waals surface area contributed by atoms with Gasteiger partial charge >= 0.3 is 0 Å². The maximum absolute atomic E-state index is 6.01. The topological polar surface area (TPSA) is 63.8 Å². The van der Waals surface area contributed by atoms with E-state index in [2.05, 4.69) is 38.1 Å². The first-order valence-electron chi connectivity index (χ1n) is 6.12. The molecule has 0 aliphatic rings. The summed E-state index contributed by atoms with van der Waals surface area (Å²) in [5.41, 5.74) is 8.58. The molecule has 0 fully saturated rings. The Morgan fingerprint density at radius 1 is 1.30 bits per heavy atom. The second kappa shape index (κ2) is 5.38. The lowest BCUT2D eigenvalue weighted by molar-refractivity contribution is 1.10. The summed E-state index contributed by atoms with van der Waals surface area (Å²) in [5, 5.41) is 5.38. The van der Waals surface area contributed by atoms with Crippen molar-refractivity contribution in [3.8, 4) is 0 Å². The summed E-state index contributed by atoms with van der Waals surface area (Å²) in [6.45, 7) is 2.74. The van der Waals surface area contributed by atoms with Crippen molar-refractivity contribution in [1.29, 1.82) is 0 Å². The number of hydrogen-bond acceptors (Lipinski definition) is 5. The Morgan fingerprint density at radius 3 is 2.90 bits per heavy atom. The highest BCUT2D eigenvalue weighted by molar-refractivity contribution is 9.10. The molecule has 6 heteroatoms. The molecule has 0 bridgehead atoms. The van der Waals surface area contributed by atoms with Gasteiger partial charge in [-0.15, -0.1) is 11.3 Å². The average molecular weight is 349 g/mol. The second-order valence-corrected chi connectivity index (χ2v) is 6.71. The Morgan fingerprint density at radius 2 is 2.15 bits per heavy atom. The first kappa shape index (κ1) is 13.3. The SMILES string of the molecule is Cc1cnc(CNc2ccc(N)c3cc(Br)cnc23)s1. The summed E-state index contributed by atoms with van der Waals surface area (Å²) in [4.78, 5) is 10.0. The smallest absolute Gasteiger partial charge is 0.112 e. The van der Waals surface area contributed by atoms with Crippen molar-refractivity contribution in [2.75, 3.05) is 11.1 Å². The first-order chi connectivity index (χ1) is 9.63. The van der Waals surface area contributed by atoms with Crippen LogP contribution in [-0.2, 0) is 6.54 Å². The molecule has 0 amide bonds. The van der Waals surface area contributed by atoms with Gasteiger partial charge in [0.15, 0.2) is 0 Å². The van der Waals surface area contributed by atoms with Gasteiger partial charge in [-0.1, -0.05) is 0 Å². The molecule has 3 N–H and O–H groups in total. The molecule has 3 aromatic rings. The monoisotopic (exact) mass is 348 g/mol. The van der Waals surface area contributed by atoms with Gasteiger partial charge in [0.05, 0.1) is 17.7 Å². The minimum Gasteiger partial charge on any atom is -0.398 e. The van der Waals surface area contributed by atoms with Gasteiger partial charge in [-0.25, -0.2) is 4.98 Å². The fraction of sp³-hybridized carbons (Fsp3) is 0.143. The van der Waals surface area contributed by atoms with Crippen LogP contribution in [0.2, 0.25) is 0 Å². The predicted molar refractivity (Wildman–Crippen MR) is 88.0 cm³/mol. The van der Waals surface area contributed by atoms with Crippen molar-refractivity contribution >= 4 is 49.5 Å². The number of halogens is 1. The van der Waals surface area contributed by atoms with Crippen LogP contribution in [0.3, 0.4) is 0 Å². The Kier molecular flexibility index (Phi) is 3.58. The van der Waals surface area contributed by atoms with Gasteiger partial charge in [0.2, 0.25) is 0 Å². The number of aromatic nitrogens is 2. The fourth-order valence-corrected chi connectivity index (χ4v) is 3.07. The molecule has 2 heterocycles. The molecule has 0 saturated heterocycles. The molecule has 102 valence electrons. The molecule has 0 atom stereocenters. The number of hydrogen-bond donors (Lipinski definition) is 2. The van der Waals surface area contributed by atoms with E-state index in [0.717, 1.165) is 31.8 Å². The highest BCUT2D eigenvalue weighted by Gasteiger charge is 2.07. The number of anilines is 2. The van der Waals surface area contributed by atoms with Crippen molar-refractivity contribution in [3.63, 3.8) is 0 Å². The average Bonchev–Trinajstić information content (AvgIpc) is 2.84. The summed E-state index contributed by atoms with van der Waals surface area (Å²) in [6, 6.07) is 5.83. The number of nitrogens with zero attached hydrogens (tertiary/aromatic N) is 2. The van der Waals surface area contributed by atoms with Crippen LogP contribution >= 0.6 is 27.3 Å². The second-order valence-electron chi connectivity index (χ2n) is 4.47. The number of thiazole rings is 1. The van der Waals surface area contributed by atoms with Crippen LogP contribution in [0.25, 0.3) is 10.9 Å². The van der Waals surface area contributed by atoms with E-state index >= 15 is 0 Å². The summed E-state index contributed by atoms with van der Waals surface area (Å²) >= 11 is 5.11. The Balaban J connectivity index is 1.93. The molecule has 1 aromatic carbocycles. The minimum atomic E-state index is 0.690. The highest BCUT2D eigenvalue weighted by atomic mass is 79.9. The number of benzene rings is 1. The number of nitrogens with two attached hydrogens (primary N) is 1. The van der Waals surface area contributed by atoms with Crippen molar-refractivity contribution in [3.05, 3.63) is 45.0 Å². The van der Waals surface area contributed by atoms with Gasteiger partial charge in [-0.3, -0.25) is 4.98 Å². The van der Waals surface area contributed by atoms with Gasteiger partial charge in [0.25, 0.3) is 0 Å². The Labute approximate surface area is 129 Å². The number of rotatable bonds is 3. The van der Waals surface area contributed by atoms with Gasteiger partial charge < -0.3 is 11.1 Å². The lowest BCUT2D eigenvalue weighted by Gasteiger charge is -2.10. The molecular formula is C14H13BrN4S. The van der Waals surface area contributed by atoms with E-state index in [1.54, 1.807) is 17.5 Å². The molecule has 3 rings (SSSR count). The number of aryl methyl sites for hydroxylation is 1. The van der Waals surface area contributed by atoms with Gasteiger partial charge in [-0.05, 0) is 41.1 Å². The summed E-state index contributed by atoms with van der Waals surface area (Å²) < 4.78 is 0.921. The van der Waals surface area contributed by atoms with E-state index in [-0.39, 0.29) is 0 Å². The van der Waals surface area contributed by atoms with E-state index in [1.807, 2.05) is 24.4 Å². The van der Waals surface area contributed by atoms with Crippen LogP contribution < -0.4 is 11.1 Å². The first-order valence-corrected chi connectivity index (χ1v) is 7.73. The number of nitrogen functional groups attached to an aromatic ring is 1. The van der Waals surface area contributed by atoms with Crippen LogP contribution in [-0.4, -0.2) is 9.97 Å². The van der Waals surface area contributed by atoms with E-state index < -0.39 is 0 Å². The zero-order valence-corrected chi connectivity index (χ0v) is 13.3. The van der Waals surface area contributed by atoms with Gasteiger partial charge in [-0.2, -0.15) is 0 Å². The zero-order chi connectivity index (χ0) is 14.1. The molecule has 0 aliphatic carbocycles.